The van der Waals surface area contributed by atoms with Gasteiger partial charge in [0.2, 0.25) is 6.79 Å². The molecule has 164 valence electrons. The summed E-state index contributed by atoms with van der Waals surface area (Å²) in [6.45, 7) is 11.3. The number of methoxy groups -OCH3 is 2. The molecular weight excluding hydrogens is 398 g/mol. The van der Waals surface area contributed by atoms with Gasteiger partial charge in [0.15, 0.2) is 31.3 Å². The first-order valence-electron chi connectivity index (χ1n) is 10.1. The van der Waals surface area contributed by atoms with Gasteiger partial charge in [-0.2, -0.15) is 0 Å². The lowest BCUT2D eigenvalue weighted by atomic mass is 9.96. The van der Waals surface area contributed by atoms with Crippen molar-refractivity contribution in [3.8, 4) is 23.0 Å². The van der Waals surface area contributed by atoms with E-state index in [9.17, 15) is 0 Å². The van der Waals surface area contributed by atoms with E-state index in [1.54, 1.807) is 14.2 Å². The van der Waals surface area contributed by atoms with Crippen LogP contribution < -0.4 is 24.7 Å². The minimum atomic E-state index is -2.12. The topological polar surface area (TPSA) is 72.2 Å². The molecule has 0 aliphatic carbocycles. The Balaban J connectivity index is 2.03. The molecule has 1 aliphatic rings. The predicted molar refractivity (Wildman–Crippen MR) is 120 cm³/mol. The summed E-state index contributed by atoms with van der Waals surface area (Å²) in [5.74, 6) is 2.76. The van der Waals surface area contributed by atoms with Crippen LogP contribution in [-0.2, 0) is 4.43 Å². The monoisotopic (exact) mass is 431 g/mol. The maximum absolute atomic E-state index is 6.84. The van der Waals surface area contributed by atoms with Crippen LogP contribution >= 0.6 is 0 Å². The number of ether oxygens (including phenoxy) is 4. The third kappa shape index (κ3) is 4.43. The Morgan fingerprint density at radius 3 is 2.17 bits per heavy atom. The molecule has 2 aromatic carbocycles. The van der Waals surface area contributed by atoms with Crippen molar-refractivity contribution in [1.29, 1.82) is 0 Å². The van der Waals surface area contributed by atoms with E-state index < -0.39 is 14.4 Å². The molecule has 0 bridgehead atoms. The SMILES string of the molecule is COc1ccc([C@H](O[Si](C)(C)C(C)(C)C)[C@H](N)c2ccc3c(c2)OCO3)cc1OC. The predicted octanol–water partition coefficient (Wildman–Crippen LogP) is 5.20. The third-order valence-corrected chi connectivity index (χ3v) is 10.5. The highest BCUT2D eigenvalue weighted by molar-refractivity contribution is 6.74. The molecule has 2 N–H and O–H groups in total. The first-order valence-corrected chi connectivity index (χ1v) is 13.0. The van der Waals surface area contributed by atoms with Crippen molar-refractivity contribution in [2.45, 2.75) is 51.0 Å². The Hall–Kier alpha value is -2.22. The quantitative estimate of drug-likeness (QED) is 0.608. The van der Waals surface area contributed by atoms with Crippen molar-refractivity contribution in [3.05, 3.63) is 47.5 Å². The molecule has 6 nitrogen and oxygen atoms in total. The van der Waals surface area contributed by atoms with Gasteiger partial charge in [0.25, 0.3) is 0 Å². The summed E-state index contributed by atoms with van der Waals surface area (Å²) in [6.07, 6.45) is -0.355. The average Bonchev–Trinajstić information content (AvgIpc) is 3.18. The summed E-state index contributed by atoms with van der Waals surface area (Å²) >= 11 is 0. The molecule has 0 saturated carbocycles. The number of hydrogen-bond acceptors (Lipinski definition) is 6. The highest BCUT2D eigenvalue weighted by atomic mass is 28.4. The van der Waals surface area contributed by atoms with E-state index in [2.05, 4.69) is 33.9 Å². The molecule has 7 heteroatoms. The van der Waals surface area contributed by atoms with E-state index in [1.165, 1.54) is 0 Å². The fourth-order valence-corrected chi connectivity index (χ4v) is 4.44. The van der Waals surface area contributed by atoms with Gasteiger partial charge in [-0.05, 0) is 53.5 Å². The van der Waals surface area contributed by atoms with Crippen LogP contribution in [0.1, 0.15) is 44.0 Å². The van der Waals surface area contributed by atoms with Crippen molar-refractivity contribution in [1.82, 2.24) is 0 Å². The standard InChI is InChI=1S/C23H33NO5Si/c1-23(2,3)30(6,7)29-22(16-9-10-17(25-4)19(13-16)26-5)21(24)15-8-11-18-20(12-15)28-14-27-18/h8-13,21-22H,14,24H2,1-7H3/t21-,22+/m1/s1. The van der Waals surface area contributed by atoms with Crippen LogP contribution in [0, 0.1) is 0 Å². The van der Waals surface area contributed by atoms with Crippen LogP contribution in [0.5, 0.6) is 23.0 Å². The third-order valence-electron chi connectivity index (χ3n) is 6.07. The van der Waals surface area contributed by atoms with Crippen LogP contribution in [0.25, 0.3) is 0 Å². The first kappa shape index (κ1) is 22.5. The number of fused-ring (bicyclic) bond motifs is 1. The number of rotatable bonds is 7. The maximum atomic E-state index is 6.84. The number of nitrogens with two attached hydrogens (primary N) is 1. The van der Waals surface area contributed by atoms with E-state index in [0.717, 1.165) is 16.9 Å². The summed E-state index contributed by atoms with van der Waals surface area (Å²) in [5.41, 5.74) is 8.68. The van der Waals surface area contributed by atoms with Crippen LogP contribution in [0.3, 0.4) is 0 Å². The van der Waals surface area contributed by atoms with Gasteiger partial charge in [-0.3, -0.25) is 0 Å². The van der Waals surface area contributed by atoms with E-state index >= 15 is 0 Å². The Bertz CT molecular complexity index is 894. The lowest BCUT2D eigenvalue weighted by Gasteiger charge is -2.41. The van der Waals surface area contributed by atoms with Gasteiger partial charge in [0.1, 0.15) is 0 Å². The van der Waals surface area contributed by atoms with Crippen molar-refractivity contribution in [3.63, 3.8) is 0 Å². The van der Waals surface area contributed by atoms with Gasteiger partial charge < -0.3 is 29.1 Å². The zero-order valence-corrected chi connectivity index (χ0v) is 19.9. The molecule has 1 heterocycles. The fraction of sp³-hybridized carbons (Fsp3) is 0.478. The van der Waals surface area contributed by atoms with Crippen LogP contribution in [0.15, 0.2) is 36.4 Å². The molecule has 2 atom stereocenters. The van der Waals surface area contributed by atoms with Crippen molar-refractivity contribution in [2.75, 3.05) is 21.0 Å². The summed E-state index contributed by atoms with van der Waals surface area (Å²) in [5, 5.41) is 0.0381. The first-order chi connectivity index (χ1) is 14.1. The molecule has 0 unspecified atom stereocenters. The van der Waals surface area contributed by atoms with Gasteiger partial charge in [0.05, 0.1) is 26.4 Å². The molecule has 0 saturated heterocycles. The van der Waals surface area contributed by atoms with E-state index in [4.69, 9.17) is 29.1 Å². The van der Waals surface area contributed by atoms with Crippen LogP contribution in [0.2, 0.25) is 18.1 Å². The lowest BCUT2D eigenvalue weighted by molar-refractivity contribution is 0.153. The molecule has 30 heavy (non-hydrogen) atoms. The van der Waals surface area contributed by atoms with Crippen LogP contribution in [0.4, 0.5) is 0 Å². The summed E-state index contributed by atoms with van der Waals surface area (Å²) < 4.78 is 28.8. The fourth-order valence-electron chi connectivity index (χ4n) is 3.17. The molecule has 0 aromatic heterocycles. The highest BCUT2D eigenvalue weighted by Gasteiger charge is 2.41. The van der Waals surface area contributed by atoms with Gasteiger partial charge in [-0.1, -0.05) is 32.9 Å². The van der Waals surface area contributed by atoms with E-state index in [0.29, 0.717) is 17.2 Å². The number of benzene rings is 2. The molecule has 0 amide bonds. The largest absolute Gasteiger partial charge is 0.493 e. The van der Waals surface area contributed by atoms with Gasteiger partial charge >= 0.3 is 0 Å². The second kappa shape index (κ2) is 8.49. The zero-order chi connectivity index (χ0) is 22.1. The second-order valence-electron chi connectivity index (χ2n) is 9.05. The van der Waals surface area contributed by atoms with E-state index in [1.807, 2.05) is 36.4 Å². The normalized spacial score (nSPS) is 15.6. The van der Waals surface area contributed by atoms with Crippen LogP contribution in [-0.4, -0.2) is 29.3 Å². The number of hydrogen-bond donors (Lipinski definition) is 1. The van der Waals surface area contributed by atoms with Crippen molar-refractivity contribution >= 4 is 8.32 Å². The summed E-state index contributed by atoms with van der Waals surface area (Å²) in [7, 11) is 1.13. The summed E-state index contributed by atoms with van der Waals surface area (Å²) in [6, 6.07) is 11.2. The van der Waals surface area contributed by atoms with Gasteiger partial charge in [0, 0.05) is 0 Å². The molecule has 0 fully saturated rings. The van der Waals surface area contributed by atoms with Gasteiger partial charge in [-0.15, -0.1) is 0 Å². The molecule has 0 radical (unpaired) electrons. The molecule has 2 aromatic rings. The molecular formula is C23H33NO5Si. The Kier molecular flexibility index (Phi) is 6.36. The minimum absolute atomic E-state index is 0.0381. The molecule has 3 rings (SSSR count). The average molecular weight is 432 g/mol. The Labute approximate surface area is 180 Å². The smallest absolute Gasteiger partial charge is 0.231 e. The minimum Gasteiger partial charge on any atom is -0.493 e. The van der Waals surface area contributed by atoms with E-state index in [-0.39, 0.29) is 17.9 Å². The summed E-state index contributed by atoms with van der Waals surface area (Å²) in [4.78, 5) is 0. The highest BCUT2D eigenvalue weighted by Crippen LogP contribution is 2.45. The molecule has 1 aliphatic heterocycles. The van der Waals surface area contributed by atoms with Crippen molar-refractivity contribution in [2.24, 2.45) is 5.73 Å². The maximum Gasteiger partial charge on any atom is 0.231 e. The molecule has 0 spiro atoms. The second-order valence-corrected chi connectivity index (χ2v) is 13.8. The van der Waals surface area contributed by atoms with Gasteiger partial charge in [-0.25, -0.2) is 0 Å². The zero-order valence-electron chi connectivity index (χ0n) is 18.9. The van der Waals surface area contributed by atoms with Crippen molar-refractivity contribution < 1.29 is 23.4 Å². The lowest BCUT2D eigenvalue weighted by Crippen LogP contribution is -2.43. The Morgan fingerprint density at radius 1 is 0.900 bits per heavy atom. The Morgan fingerprint density at radius 2 is 1.53 bits per heavy atom.